The molecular formula is C11H17NO3. The van der Waals surface area contributed by atoms with E-state index in [9.17, 15) is 9.59 Å². The second kappa shape index (κ2) is 5.07. The molecule has 2 rings (SSSR count). The first kappa shape index (κ1) is 11.9. The van der Waals surface area contributed by atoms with Crippen molar-refractivity contribution >= 4 is 5.69 Å². The van der Waals surface area contributed by atoms with Gasteiger partial charge in [0.05, 0.1) is 18.9 Å². The molecule has 0 atom stereocenters. The summed E-state index contributed by atoms with van der Waals surface area (Å²) < 4.78 is 5.16. The van der Waals surface area contributed by atoms with Crippen LogP contribution in [0.15, 0.2) is 9.59 Å². The van der Waals surface area contributed by atoms with Crippen LogP contribution in [-0.2, 0) is 4.74 Å². The monoisotopic (exact) mass is 211 g/mol. The highest BCUT2D eigenvalue weighted by molar-refractivity contribution is 5.58. The first-order valence-corrected chi connectivity index (χ1v) is 5.34. The summed E-state index contributed by atoms with van der Waals surface area (Å²) in [5.74, 6) is 0. The molecule has 0 aliphatic carbocycles. The molecule has 0 spiro atoms. The topological polar surface area (TPSA) is 46.6 Å². The molecule has 0 N–H and O–H groups in total. The lowest BCUT2D eigenvalue weighted by molar-refractivity contribution is 0.122. The van der Waals surface area contributed by atoms with Crippen molar-refractivity contribution in [1.29, 1.82) is 0 Å². The van der Waals surface area contributed by atoms with Crippen LogP contribution in [0, 0.1) is 6.92 Å². The second-order valence-electron chi connectivity index (χ2n) is 3.23. The number of nitrogens with zero attached hydrogens (tertiary/aromatic N) is 1. The fourth-order valence-electron chi connectivity index (χ4n) is 1.66. The van der Waals surface area contributed by atoms with E-state index in [1.807, 2.05) is 18.7 Å². The molecule has 15 heavy (non-hydrogen) atoms. The maximum absolute atomic E-state index is 11.2. The quantitative estimate of drug-likeness (QED) is 0.633. The summed E-state index contributed by atoms with van der Waals surface area (Å²) in [6.45, 7) is 8.41. The molecule has 4 heteroatoms. The highest BCUT2D eigenvalue weighted by atomic mass is 16.5. The number of morpholine rings is 1. The molecule has 0 bridgehead atoms. The molecule has 1 aromatic rings. The van der Waals surface area contributed by atoms with E-state index >= 15 is 0 Å². The zero-order valence-corrected chi connectivity index (χ0v) is 9.50. The molecule has 0 aromatic heterocycles. The minimum Gasteiger partial charge on any atom is -0.378 e. The first-order valence-electron chi connectivity index (χ1n) is 5.34. The average Bonchev–Trinajstić information content (AvgIpc) is 2.33. The lowest BCUT2D eigenvalue weighted by Crippen LogP contribution is -2.47. The molecule has 1 aliphatic heterocycles. The molecule has 0 saturated carbocycles. The third-order valence-electron chi connectivity index (χ3n) is 2.44. The number of anilines is 1. The zero-order chi connectivity index (χ0) is 11.4. The summed E-state index contributed by atoms with van der Waals surface area (Å²) in [5.41, 5.74) is 0.543. The van der Waals surface area contributed by atoms with Gasteiger partial charge in [-0.3, -0.25) is 9.59 Å². The summed E-state index contributed by atoms with van der Waals surface area (Å²) in [6.07, 6.45) is 0. The SMILES string of the molecule is CC.Cc1c(N2CCOCC2)c(=O)c1=O. The molecule has 84 valence electrons. The molecule has 1 aromatic carbocycles. The standard InChI is InChI=1S/C9H11NO3.C2H6/c1-6-7(9(12)8(6)11)10-2-4-13-5-3-10;1-2/h2-5H2,1H3;1-2H3. The van der Waals surface area contributed by atoms with Crippen molar-refractivity contribution in [3.63, 3.8) is 0 Å². The highest BCUT2D eigenvalue weighted by Gasteiger charge is 2.23. The number of ether oxygens (including phenoxy) is 1. The maximum Gasteiger partial charge on any atom is 0.249 e. The molecule has 0 amide bonds. The van der Waals surface area contributed by atoms with Crippen LogP contribution in [0.25, 0.3) is 0 Å². The predicted octanol–water partition coefficient (Wildman–Crippen LogP) is 0.454. The van der Waals surface area contributed by atoms with Crippen molar-refractivity contribution in [2.75, 3.05) is 31.2 Å². The van der Waals surface area contributed by atoms with E-state index in [-0.39, 0.29) is 10.9 Å². The minimum absolute atomic E-state index is 0.332. The molecule has 0 unspecified atom stereocenters. The molecule has 4 nitrogen and oxygen atoms in total. The summed E-state index contributed by atoms with van der Waals surface area (Å²) in [7, 11) is 0. The normalized spacial score (nSPS) is 16.1. The third kappa shape index (κ3) is 2.09. The van der Waals surface area contributed by atoms with Crippen LogP contribution in [-0.4, -0.2) is 26.3 Å². The molecular weight excluding hydrogens is 194 g/mol. The van der Waals surface area contributed by atoms with Gasteiger partial charge in [0, 0.05) is 18.7 Å². The Labute approximate surface area is 89.2 Å². The van der Waals surface area contributed by atoms with E-state index in [0.29, 0.717) is 37.6 Å². The van der Waals surface area contributed by atoms with Crippen molar-refractivity contribution in [2.24, 2.45) is 0 Å². The van der Waals surface area contributed by atoms with E-state index in [1.165, 1.54) is 0 Å². The van der Waals surface area contributed by atoms with Crippen LogP contribution >= 0.6 is 0 Å². The van der Waals surface area contributed by atoms with Crippen LogP contribution < -0.4 is 15.8 Å². The van der Waals surface area contributed by atoms with Gasteiger partial charge in [0.15, 0.2) is 0 Å². The Morgan fingerprint density at radius 2 is 1.60 bits per heavy atom. The van der Waals surface area contributed by atoms with E-state index in [4.69, 9.17) is 4.74 Å². The van der Waals surface area contributed by atoms with Crippen molar-refractivity contribution in [3.8, 4) is 0 Å². The first-order chi connectivity index (χ1) is 7.22. The summed E-state index contributed by atoms with van der Waals surface area (Å²) in [5, 5.41) is 0. The van der Waals surface area contributed by atoms with Gasteiger partial charge in [0.25, 0.3) is 0 Å². The number of rotatable bonds is 1. The van der Waals surface area contributed by atoms with Crippen LogP contribution in [0.4, 0.5) is 5.69 Å². The molecule has 0 radical (unpaired) electrons. The molecule has 1 heterocycles. The van der Waals surface area contributed by atoms with Crippen LogP contribution in [0.1, 0.15) is 19.4 Å². The van der Waals surface area contributed by atoms with E-state index in [0.717, 1.165) is 0 Å². The Balaban J connectivity index is 0.000000531. The molecule has 1 saturated heterocycles. The third-order valence-corrected chi connectivity index (χ3v) is 2.44. The Morgan fingerprint density at radius 3 is 2.07 bits per heavy atom. The van der Waals surface area contributed by atoms with E-state index in [1.54, 1.807) is 6.92 Å². The van der Waals surface area contributed by atoms with Crippen LogP contribution in [0.5, 0.6) is 0 Å². The lowest BCUT2D eigenvalue weighted by Gasteiger charge is -2.30. The summed E-state index contributed by atoms with van der Waals surface area (Å²) >= 11 is 0. The Kier molecular flexibility index (Phi) is 4.03. The maximum atomic E-state index is 11.2. The van der Waals surface area contributed by atoms with Gasteiger partial charge in [-0.25, -0.2) is 0 Å². The fourth-order valence-corrected chi connectivity index (χ4v) is 1.66. The van der Waals surface area contributed by atoms with E-state index < -0.39 is 0 Å². The smallest absolute Gasteiger partial charge is 0.249 e. The van der Waals surface area contributed by atoms with Gasteiger partial charge in [0.1, 0.15) is 0 Å². The average molecular weight is 211 g/mol. The van der Waals surface area contributed by atoms with Gasteiger partial charge in [-0.2, -0.15) is 0 Å². The van der Waals surface area contributed by atoms with Gasteiger partial charge in [0.2, 0.25) is 10.9 Å². The summed E-state index contributed by atoms with van der Waals surface area (Å²) in [6, 6.07) is 0. The largest absolute Gasteiger partial charge is 0.378 e. The second-order valence-corrected chi connectivity index (χ2v) is 3.23. The predicted molar refractivity (Wildman–Crippen MR) is 60.5 cm³/mol. The van der Waals surface area contributed by atoms with Gasteiger partial charge >= 0.3 is 0 Å². The van der Waals surface area contributed by atoms with Crippen LogP contribution in [0.2, 0.25) is 0 Å². The van der Waals surface area contributed by atoms with Crippen molar-refractivity contribution in [3.05, 3.63) is 26.0 Å². The Hall–Kier alpha value is -1.16. The van der Waals surface area contributed by atoms with Gasteiger partial charge < -0.3 is 9.64 Å². The minimum atomic E-state index is -0.334. The van der Waals surface area contributed by atoms with Crippen LogP contribution in [0.3, 0.4) is 0 Å². The fraction of sp³-hybridized carbons (Fsp3) is 0.636. The van der Waals surface area contributed by atoms with Gasteiger partial charge in [-0.15, -0.1) is 0 Å². The number of hydrogen-bond acceptors (Lipinski definition) is 4. The van der Waals surface area contributed by atoms with Gasteiger partial charge in [-0.05, 0) is 6.92 Å². The molecule has 1 fully saturated rings. The van der Waals surface area contributed by atoms with E-state index in [2.05, 4.69) is 0 Å². The van der Waals surface area contributed by atoms with Crippen molar-refractivity contribution in [2.45, 2.75) is 20.8 Å². The van der Waals surface area contributed by atoms with Crippen molar-refractivity contribution in [1.82, 2.24) is 0 Å². The highest BCUT2D eigenvalue weighted by Crippen LogP contribution is 2.14. The molecule has 1 aliphatic rings. The van der Waals surface area contributed by atoms with Crippen molar-refractivity contribution < 1.29 is 4.74 Å². The summed E-state index contributed by atoms with van der Waals surface area (Å²) in [4.78, 5) is 24.1. The Morgan fingerprint density at radius 1 is 1.07 bits per heavy atom. The zero-order valence-electron chi connectivity index (χ0n) is 9.50. The lowest BCUT2D eigenvalue weighted by atomic mass is 10.1. The number of hydrogen-bond donors (Lipinski definition) is 0. The Bertz CT molecular complexity index is 384. The van der Waals surface area contributed by atoms with Gasteiger partial charge in [-0.1, -0.05) is 13.8 Å².